The lowest BCUT2D eigenvalue weighted by atomic mass is 10.2. The number of rotatable bonds is 4. The number of primary amides is 1. The van der Waals surface area contributed by atoms with Crippen molar-refractivity contribution in [3.8, 4) is 0 Å². The van der Waals surface area contributed by atoms with Gasteiger partial charge in [-0.2, -0.15) is 0 Å². The van der Waals surface area contributed by atoms with Gasteiger partial charge in [0, 0.05) is 31.6 Å². The highest BCUT2D eigenvalue weighted by atomic mass is 16.1. The van der Waals surface area contributed by atoms with Gasteiger partial charge in [0.25, 0.3) is 0 Å². The molecule has 0 aromatic heterocycles. The summed E-state index contributed by atoms with van der Waals surface area (Å²) in [5.41, 5.74) is 8.62. The molecule has 0 unspecified atom stereocenters. The van der Waals surface area contributed by atoms with E-state index in [0.717, 1.165) is 16.9 Å². The molecule has 0 aliphatic heterocycles. The van der Waals surface area contributed by atoms with Gasteiger partial charge in [-0.15, -0.1) is 0 Å². The van der Waals surface area contributed by atoms with Crippen LogP contribution in [0.1, 0.15) is 15.9 Å². The molecular weight excluding hydrogens is 250 g/mol. The summed E-state index contributed by atoms with van der Waals surface area (Å²) in [7, 11) is 4.01. The molecule has 0 aliphatic carbocycles. The Morgan fingerprint density at radius 1 is 1.05 bits per heavy atom. The van der Waals surface area contributed by atoms with Crippen molar-refractivity contribution in [1.82, 2.24) is 0 Å². The second-order valence-corrected chi connectivity index (χ2v) is 4.66. The van der Waals surface area contributed by atoms with Gasteiger partial charge in [-0.1, -0.05) is 12.1 Å². The number of nitrogens with zero attached hydrogens (tertiary/aromatic N) is 2. The Kier molecular flexibility index (Phi) is 4.15. The zero-order valence-electron chi connectivity index (χ0n) is 11.6. The highest BCUT2D eigenvalue weighted by Crippen LogP contribution is 2.14. The number of carbonyl (C=O) groups is 1. The maximum Gasteiger partial charge on any atom is 0.248 e. The number of anilines is 1. The third-order valence-corrected chi connectivity index (χ3v) is 2.92. The van der Waals surface area contributed by atoms with Gasteiger partial charge in [0.15, 0.2) is 0 Å². The smallest absolute Gasteiger partial charge is 0.248 e. The third-order valence-electron chi connectivity index (χ3n) is 2.92. The molecule has 0 aliphatic rings. The number of nitrogens with two attached hydrogens (primary N) is 1. The Bertz CT molecular complexity index is 613. The quantitative estimate of drug-likeness (QED) is 0.866. The van der Waals surface area contributed by atoms with E-state index >= 15 is 0 Å². The summed E-state index contributed by atoms with van der Waals surface area (Å²) in [6.45, 7) is 0. The first kappa shape index (κ1) is 13.8. The van der Waals surface area contributed by atoms with Crippen molar-refractivity contribution >= 4 is 23.5 Å². The van der Waals surface area contributed by atoms with Gasteiger partial charge in [-0.3, -0.25) is 9.79 Å². The van der Waals surface area contributed by atoms with Gasteiger partial charge in [0.05, 0.1) is 5.69 Å². The zero-order chi connectivity index (χ0) is 14.5. The summed E-state index contributed by atoms with van der Waals surface area (Å²) < 4.78 is 0. The summed E-state index contributed by atoms with van der Waals surface area (Å²) >= 11 is 0. The predicted molar refractivity (Wildman–Crippen MR) is 83.0 cm³/mol. The molecular formula is C16H17N3O. The highest BCUT2D eigenvalue weighted by Gasteiger charge is 1.98. The molecule has 2 aromatic rings. The Hall–Kier alpha value is -2.62. The van der Waals surface area contributed by atoms with Crippen LogP contribution in [0.3, 0.4) is 0 Å². The van der Waals surface area contributed by atoms with Gasteiger partial charge in [0.1, 0.15) is 0 Å². The normalized spacial score (nSPS) is 10.7. The number of aliphatic imine (C=N–C) groups is 1. The average Bonchev–Trinajstić information content (AvgIpc) is 2.46. The fourth-order valence-corrected chi connectivity index (χ4v) is 1.72. The minimum Gasteiger partial charge on any atom is -0.378 e. The summed E-state index contributed by atoms with van der Waals surface area (Å²) in [6, 6.07) is 15.0. The molecule has 4 heteroatoms. The molecule has 0 saturated heterocycles. The van der Waals surface area contributed by atoms with Crippen molar-refractivity contribution in [2.24, 2.45) is 10.7 Å². The molecule has 0 heterocycles. The lowest BCUT2D eigenvalue weighted by molar-refractivity contribution is 0.100. The van der Waals surface area contributed by atoms with Crippen LogP contribution < -0.4 is 10.6 Å². The second kappa shape index (κ2) is 6.02. The standard InChI is InChI=1S/C16H17N3O/c1-19(2)15-9-3-12(4-10-15)11-18-14-7-5-13(6-8-14)16(17)20/h3-11H,1-2H3,(H2,17,20). The summed E-state index contributed by atoms with van der Waals surface area (Å²) in [4.78, 5) is 17.4. The van der Waals surface area contributed by atoms with Crippen molar-refractivity contribution in [2.75, 3.05) is 19.0 Å². The summed E-state index contributed by atoms with van der Waals surface area (Å²) in [5.74, 6) is -0.431. The van der Waals surface area contributed by atoms with Crippen LogP contribution in [0, 0.1) is 0 Å². The van der Waals surface area contributed by atoms with E-state index in [0.29, 0.717) is 5.56 Å². The van der Waals surface area contributed by atoms with E-state index in [2.05, 4.69) is 4.99 Å². The van der Waals surface area contributed by atoms with Gasteiger partial charge >= 0.3 is 0 Å². The third kappa shape index (κ3) is 3.45. The molecule has 102 valence electrons. The SMILES string of the molecule is CN(C)c1ccc(C=Nc2ccc(C(N)=O)cc2)cc1. The summed E-state index contributed by atoms with van der Waals surface area (Å²) in [5, 5.41) is 0. The second-order valence-electron chi connectivity index (χ2n) is 4.66. The molecule has 1 amide bonds. The van der Waals surface area contributed by atoms with Gasteiger partial charge in [-0.25, -0.2) is 0 Å². The first-order chi connectivity index (χ1) is 9.56. The van der Waals surface area contributed by atoms with Crippen LogP contribution in [0.5, 0.6) is 0 Å². The van der Waals surface area contributed by atoms with Crippen molar-refractivity contribution in [2.45, 2.75) is 0 Å². The Morgan fingerprint density at radius 3 is 2.15 bits per heavy atom. The van der Waals surface area contributed by atoms with Gasteiger partial charge < -0.3 is 10.6 Å². The lowest BCUT2D eigenvalue weighted by Crippen LogP contribution is -2.10. The molecule has 0 bridgehead atoms. The van der Waals surface area contributed by atoms with E-state index in [1.54, 1.807) is 30.5 Å². The van der Waals surface area contributed by atoms with Crippen LogP contribution >= 0.6 is 0 Å². The average molecular weight is 267 g/mol. The molecule has 0 saturated carbocycles. The number of hydrogen-bond donors (Lipinski definition) is 1. The maximum atomic E-state index is 11.0. The first-order valence-corrected chi connectivity index (χ1v) is 6.27. The minimum absolute atomic E-state index is 0.431. The molecule has 20 heavy (non-hydrogen) atoms. The molecule has 2 aromatic carbocycles. The number of amides is 1. The molecule has 4 nitrogen and oxygen atoms in total. The zero-order valence-corrected chi connectivity index (χ0v) is 11.6. The molecule has 0 radical (unpaired) electrons. The Balaban J connectivity index is 2.10. The van der Waals surface area contributed by atoms with Crippen molar-refractivity contribution in [3.63, 3.8) is 0 Å². The van der Waals surface area contributed by atoms with E-state index in [1.165, 1.54) is 0 Å². The van der Waals surface area contributed by atoms with E-state index in [-0.39, 0.29) is 0 Å². The van der Waals surface area contributed by atoms with E-state index in [9.17, 15) is 4.79 Å². The lowest BCUT2D eigenvalue weighted by Gasteiger charge is -2.11. The molecule has 0 spiro atoms. The van der Waals surface area contributed by atoms with Crippen LogP contribution in [0.2, 0.25) is 0 Å². The minimum atomic E-state index is -0.431. The molecule has 0 fully saturated rings. The molecule has 0 atom stereocenters. The monoisotopic (exact) mass is 267 g/mol. The summed E-state index contributed by atoms with van der Waals surface area (Å²) in [6.07, 6.45) is 1.79. The Labute approximate surface area is 118 Å². The van der Waals surface area contributed by atoms with Gasteiger partial charge in [0.2, 0.25) is 5.91 Å². The molecule has 2 rings (SSSR count). The van der Waals surface area contributed by atoms with Crippen molar-refractivity contribution in [3.05, 3.63) is 59.7 Å². The number of hydrogen-bond acceptors (Lipinski definition) is 3. The largest absolute Gasteiger partial charge is 0.378 e. The van der Waals surface area contributed by atoms with Crippen LogP contribution in [-0.4, -0.2) is 26.2 Å². The van der Waals surface area contributed by atoms with Gasteiger partial charge in [-0.05, 0) is 42.0 Å². The molecule has 2 N–H and O–H groups in total. The fourth-order valence-electron chi connectivity index (χ4n) is 1.72. The van der Waals surface area contributed by atoms with Crippen LogP contribution in [-0.2, 0) is 0 Å². The first-order valence-electron chi connectivity index (χ1n) is 6.27. The predicted octanol–water partition coefficient (Wildman–Crippen LogP) is 2.60. The Morgan fingerprint density at radius 2 is 1.65 bits per heavy atom. The topological polar surface area (TPSA) is 58.7 Å². The van der Waals surface area contributed by atoms with Crippen molar-refractivity contribution < 1.29 is 4.79 Å². The van der Waals surface area contributed by atoms with E-state index in [4.69, 9.17) is 5.73 Å². The van der Waals surface area contributed by atoms with E-state index in [1.807, 2.05) is 43.3 Å². The van der Waals surface area contributed by atoms with E-state index < -0.39 is 5.91 Å². The van der Waals surface area contributed by atoms with Crippen LogP contribution in [0.15, 0.2) is 53.5 Å². The van der Waals surface area contributed by atoms with Crippen LogP contribution in [0.25, 0.3) is 0 Å². The van der Waals surface area contributed by atoms with Crippen molar-refractivity contribution in [1.29, 1.82) is 0 Å². The maximum absolute atomic E-state index is 11.0. The fraction of sp³-hybridized carbons (Fsp3) is 0.125. The van der Waals surface area contributed by atoms with Crippen LogP contribution in [0.4, 0.5) is 11.4 Å². The highest BCUT2D eigenvalue weighted by molar-refractivity contribution is 5.93. The number of carbonyl (C=O) groups excluding carboxylic acids is 1. The number of benzene rings is 2.